The molecule has 200 valence electrons. The van der Waals surface area contributed by atoms with Gasteiger partial charge >= 0.3 is 27.5 Å². The third kappa shape index (κ3) is 17.4. The molecule has 3 atom stereocenters. The first-order valence-electron chi connectivity index (χ1n) is 11.4. The molecule has 38 heavy (non-hydrogen) atoms. The first-order chi connectivity index (χ1) is 18.1. The van der Waals surface area contributed by atoms with Gasteiger partial charge in [0.2, 0.25) is 0 Å². The minimum absolute atomic E-state index is 0.409. The van der Waals surface area contributed by atoms with E-state index < -0.39 is 33.7 Å². The summed E-state index contributed by atoms with van der Waals surface area (Å²) >= 11 is 13.2. The van der Waals surface area contributed by atoms with E-state index in [0.29, 0.717) is 19.3 Å². The summed E-state index contributed by atoms with van der Waals surface area (Å²) in [6, 6.07) is 28.1. The molecule has 3 rings (SSSR count). The van der Waals surface area contributed by atoms with E-state index in [0.717, 1.165) is 16.7 Å². The van der Waals surface area contributed by atoms with Gasteiger partial charge in [0.15, 0.2) is 0 Å². The Balaban J connectivity index is 0.000000523. The molecular formula is C28H30O6S3Sn. The minimum atomic E-state index is -1.12. The summed E-state index contributed by atoms with van der Waals surface area (Å²) in [4.78, 5) is 33.0. The van der Waals surface area contributed by atoms with E-state index in [9.17, 15) is 29.7 Å². The van der Waals surface area contributed by atoms with Gasteiger partial charge in [-0.15, -0.1) is 0 Å². The van der Waals surface area contributed by atoms with Crippen LogP contribution in [0.25, 0.3) is 0 Å². The van der Waals surface area contributed by atoms with E-state index in [1.54, 1.807) is 22.5 Å². The van der Waals surface area contributed by atoms with Crippen LogP contribution in [0.1, 0.15) is 16.7 Å². The van der Waals surface area contributed by atoms with Crippen molar-refractivity contribution < 1.29 is 29.7 Å². The van der Waals surface area contributed by atoms with Crippen LogP contribution in [0, 0.1) is 0 Å². The quantitative estimate of drug-likeness (QED) is 0.230. The van der Waals surface area contributed by atoms with Crippen molar-refractivity contribution in [3.63, 3.8) is 0 Å². The second-order valence-electron chi connectivity index (χ2n) is 7.57. The molecule has 0 bridgehead atoms. The molecular weight excluding hydrogens is 647 g/mol. The van der Waals surface area contributed by atoms with Crippen LogP contribution in [0.2, 0.25) is 4.94 Å². The molecule has 0 saturated carbocycles. The number of carbonyl (C=O) groups excluding carboxylic acids is 3. The van der Waals surface area contributed by atoms with Crippen LogP contribution in [-0.4, -0.2) is 56.2 Å². The molecule has 0 amide bonds. The number of carboxylic acids is 3. The summed E-state index contributed by atoms with van der Waals surface area (Å²) in [5.41, 5.74) is 2.88. The molecule has 6 nitrogen and oxygen atoms in total. The topological polar surface area (TPSA) is 120 Å². The van der Waals surface area contributed by atoms with Crippen molar-refractivity contribution in [2.75, 3.05) is 0 Å². The Morgan fingerprint density at radius 1 is 0.526 bits per heavy atom. The van der Waals surface area contributed by atoms with Gasteiger partial charge in [0.1, 0.15) is 0 Å². The third-order valence-corrected chi connectivity index (χ3v) is 5.81. The molecule has 3 unspecified atom stereocenters. The number of carbonyl (C=O) groups is 3. The maximum atomic E-state index is 10.3. The van der Waals surface area contributed by atoms with Crippen LogP contribution >= 0.6 is 37.9 Å². The van der Waals surface area contributed by atoms with E-state index in [2.05, 4.69) is 42.8 Å². The average molecular weight is 677 g/mol. The third-order valence-electron chi connectivity index (χ3n) is 4.63. The van der Waals surface area contributed by atoms with E-state index in [-0.39, 0.29) is 0 Å². The zero-order valence-electron chi connectivity index (χ0n) is 20.8. The number of hydrogen-bond acceptors (Lipinski definition) is 9. The van der Waals surface area contributed by atoms with E-state index in [4.69, 9.17) is 0 Å². The van der Waals surface area contributed by atoms with Crippen molar-refractivity contribution in [1.29, 1.82) is 0 Å². The molecule has 3 aromatic carbocycles. The van der Waals surface area contributed by atoms with Gasteiger partial charge in [0, 0.05) is 15.7 Å². The van der Waals surface area contributed by atoms with Crippen molar-refractivity contribution >= 4 is 78.3 Å². The molecule has 0 aromatic heterocycles. The zero-order valence-corrected chi connectivity index (χ0v) is 26.3. The van der Waals surface area contributed by atoms with E-state index in [1.165, 1.54) is 0 Å². The second-order valence-corrected chi connectivity index (χ2v) is 9.44. The van der Waals surface area contributed by atoms with Crippen molar-refractivity contribution in [2.24, 2.45) is 0 Å². The molecule has 0 fully saturated rings. The molecule has 3 aromatic rings. The second kappa shape index (κ2) is 21.8. The normalized spacial score (nSPS) is 11.9. The van der Waals surface area contributed by atoms with Crippen LogP contribution in [0.15, 0.2) is 91.0 Å². The maximum absolute atomic E-state index is 10.3. The van der Waals surface area contributed by atoms with Gasteiger partial charge in [-0.25, -0.2) is 0 Å². The van der Waals surface area contributed by atoms with Crippen molar-refractivity contribution in [2.45, 2.75) is 40.0 Å². The summed E-state index contributed by atoms with van der Waals surface area (Å²) in [5, 5.41) is 28.8. The molecule has 0 aliphatic carbocycles. The Morgan fingerprint density at radius 2 is 0.711 bits per heavy atom. The standard InChI is InChI=1S/3C9H10O2S.CH3.Sn/c3*10-9(11)8(12)6-7-4-2-1-3-5-7;;/h3*1-5,8,12H,6H2,(H,10,11);1H3;/q;;;;+3/p-3. The van der Waals surface area contributed by atoms with Gasteiger partial charge in [-0.1, -0.05) is 91.0 Å². The molecule has 0 aliphatic rings. The van der Waals surface area contributed by atoms with Crippen LogP contribution in [0.3, 0.4) is 0 Å². The fourth-order valence-electron chi connectivity index (χ4n) is 2.76. The van der Waals surface area contributed by atoms with Crippen LogP contribution in [0.5, 0.6) is 0 Å². The number of aliphatic carboxylic acids is 3. The van der Waals surface area contributed by atoms with Gasteiger partial charge in [-0.05, 0) is 36.0 Å². The molecule has 0 radical (unpaired) electrons. The molecule has 0 spiro atoms. The molecule has 0 saturated heterocycles. The van der Waals surface area contributed by atoms with Gasteiger partial charge in [-0.3, -0.25) is 0 Å². The molecule has 0 N–H and O–H groups in total. The van der Waals surface area contributed by atoms with Crippen molar-refractivity contribution in [3.05, 3.63) is 108 Å². The zero-order chi connectivity index (χ0) is 28.9. The predicted molar refractivity (Wildman–Crippen MR) is 155 cm³/mol. The predicted octanol–water partition coefficient (Wildman–Crippen LogP) is 1.04. The summed E-state index contributed by atoms with van der Waals surface area (Å²) < 4.78 is 0. The van der Waals surface area contributed by atoms with E-state index in [1.807, 2.05) is 91.0 Å². The van der Waals surface area contributed by atoms with E-state index >= 15 is 0 Å². The SMILES string of the molecule is O=C([O-])C(S)Cc1ccccc1.O=C([O-])C(S)Cc1ccccc1.O=C([O-])C(S)Cc1ccccc1.[CH3][Sn+3]. The number of rotatable bonds is 9. The van der Waals surface area contributed by atoms with Gasteiger partial charge < -0.3 is 29.7 Å². The van der Waals surface area contributed by atoms with Gasteiger partial charge in [-0.2, -0.15) is 37.9 Å². The summed E-state index contributed by atoms with van der Waals surface area (Å²) in [6.45, 7) is 0. The molecule has 0 heterocycles. The first-order valence-corrected chi connectivity index (χ1v) is 15.8. The Labute approximate surface area is 254 Å². The Hall–Kier alpha value is -2.08. The van der Waals surface area contributed by atoms with Crippen molar-refractivity contribution in [1.82, 2.24) is 0 Å². The summed E-state index contributed by atoms with van der Waals surface area (Å²) in [5.74, 6) is -3.37. The number of thiol groups is 3. The molecule has 0 aliphatic heterocycles. The first kappa shape index (κ1) is 35.9. The van der Waals surface area contributed by atoms with Gasteiger partial charge in [0.05, 0.1) is 17.9 Å². The fraction of sp³-hybridized carbons (Fsp3) is 0.250. The monoisotopic (exact) mass is 678 g/mol. The van der Waals surface area contributed by atoms with Crippen molar-refractivity contribution in [3.8, 4) is 0 Å². The van der Waals surface area contributed by atoms with Crippen LogP contribution < -0.4 is 15.3 Å². The Morgan fingerprint density at radius 3 is 0.868 bits per heavy atom. The summed E-state index contributed by atoms with van der Waals surface area (Å²) in [6.07, 6.45) is 1.23. The Bertz CT molecular complexity index is 919. The van der Waals surface area contributed by atoms with Crippen LogP contribution in [-0.2, 0) is 33.6 Å². The number of carboxylic acid groups (broad SMARTS) is 3. The van der Waals surface area contributed by atoms with Gasteiger partial charge in [0.25, 0.3) is 0 Å². The Kier molecular flexibility index (Phi) is 20.6. The van der Waals surface area contributed by atoms with Crippen LogP contribution in [0.4, 0.5) is 0 Å². The number of hydrogen-bond donors (Lipinski definition) is 3. The summed E-state index contributed by atoms with van der Waals surface area (Å²) in [7, 11) is 0. The average Bonchev–Trinajstić information content (AvgIpc) is 2.92. The molecule has 10 heteroatoms. The fourth-order valence-corrected chi connectivity index (χ4v) is 3.39. The number of benzene rings is 3.